The maximum Gasteiger partial charge on any atom is 0.0636 e. The first-order valence-corrected chi connectivity index (χ1v) is 6.28. The van der Waals surface area contributed by atoms with Gasteiger partial charge in [-0.15, -0.1) is 0 Å². The van der Waals surface area contributed by atoms with Gasteiger partial charge in [-0.1, -0.05) is 18.2 Å². The van der Waals surface area contributed by atoms with Gasteiger partial charge in [-0.25, -0.2) is 0 Å². The third-order valence-corrected chi connectivity index (χ3v) is 2.01. The number of nitrogens with two attached hydrogens (primary N) is 2. The molecule has 0 bridgehead atoms. The maximum atomic E-state index is 8.68. The third kappa shape index (κ3) is 11.3. The van der Waals surface area contributed by atoms with Crippen LogP contribution >= 0.6 is 0 Å². The summed E-state index contributed by atoms with van der Waals surface area (Å²) in [6.45, 7) is 5.30. The number of benzene rings is 1. The predicted molar refractivity (Wildman–Crippen MR) is 77.6 cm³/mol. The standard InChI is InChI=1S/C8H12N2.C5H14N2O/c9-6-7-10-8-4-2-1-3-5-8;1-5(8)4-7-3-2-6/h1-5,10H,6-7,9H2;5,7-8H,2-4,6H2,1H3. The van der Waals surface area contributed by atoms with Crippen molar-refractivity contribution in [2.45, 2.75) is 13.0 Å². The minimum absolute atomic E-state index is 0.262. The summed E-state index contributed by atoms with van der Waals surface area (Å²) in [5.74, 6) is 0. The summed E-state index contributed by atoms with van der Waals surface area (Å²) >= 11 is 0. The molecule has 0 amide bonds. The molecule has 18 heavy (non-hydrogen) atoms. The van der Waals surface area contributed by atoms with E-state index in [1.54, 1.807) is 6.92 Å². The normalized spacial score (nSPS) is 11.3. The SMILES string of the molecule is CC(O)CNCCN.NCCNc1ccccc1. The molecule has 104 valence electrons. The molecule has 1 atom stereocenters. The van der Waals surface area contributed by atoms with Crippen LogP contribution in [0, 0.1) is 0 Å². The van der Waals surface area contributed by atoms with E-state index in [2.05, 4.69) is 10.6 Å². The molecule has 0 aliphatic carbocycles. The third-order valence-electron chi connectivity index (χ3n) is 2.01. The van der Waals surface area contributed by atoms with Gasteiger partial charge in [0, 0.05) is 38.4 Å². The molecule has 1 aromatic carbocycles. The van der Waals surface area contributed by atoms with Crippen molar-refractivity contribution in [3.05, 3.63) is 30.3 Å². The van der Waals surface area contributed by atoms with E-state index in [4.69, 9.17) is 16.6 Å². The summed E-state index contributed by atoms with van der Waals surface area (Å²) < 4.78 is 0. The Morgan fingerprint density at radius 3 is 2.22 bits per heavy atom. The molecular formula is C13H26N4O. The second-order valence-corrected chi connectivity index (χ2v) is 3.92. The first-order valence-electron chi connectivity index (χ1n) is 6.28. The molecule has 7 N–H and O–H groups in total. The summed E-state index contributed by atoms with van der Waals surface area (Å²) in [5.41, 5.74) is 11.6. The Bertz CT molecular complexity index is 267. The fraction of sp³-hybridized carbons (Fsp3) is 0.538. The number of hydrogen-bond donors (Lipinski definition) is 5. The van der Waals surface area contributed by atoms with Crippen molar-refractivity contribution in [2.24, 2.45) is 11.5 Å². The van der Waals surface area contributed by atoms with Crippen LogP contribution in [0.15, 0.2) is 30.3 Å². The van der Waals surface area contributed by atoms with Gasteiger partial charge in [-0.05, 0) is 19.1 Å². The lowest BCUT2D eigenvalue weighted by Crippen LogP contribution is -2.29. The average molecular weight is 254 g/mol. The molecule has 0 radical (unpaired) electrons. The predicted octanol–water partition coefficient (Wildman–Crippen LogP) is -0.0273. The quantitative estimate of drug-likeness (QED) is 0.440. The summed E-state index contributed by atoms with van der Waals surface area (Å²) in [6.07, 6.45) is -0.262. The molecule has 0 aliphatic rings. The van der Waals surface area contributed by atoms with Gasteiger partial charge in [-0.2, -0.15) is 0 Å². The van der Waals surface area contributed by atoms with Crippen LogP contribution in [0.2, 0.25) is 0 Å². The average Bonchev–Trinajstić information content (AvgIpc) is 2.38. The van der Waals surface area contributed by atoms with Crippen molar-refractivity contribution in [1.29, 1.82) is 0 Å². The molecule has 1 rings (SSSR count). The van der Waals surface area contributed by atoms with E-state index >= 15 is 0 Å². The van der Waals surface area contributed by atoms with Gasteiger partial charge in [0.15, 0.2) is 0 Å². The molecule has 0 saturated heterocycles. The monoisotopic (exact) mass is 254 g/mol. The number of para-hydroxylation sites is 1. The summed E-state index contributed by atoms with van der Waals surface area (Å²) in [7, 11) is 0. The molecule has 0 aliphatic heterocycles. The fourth-order valence-electron chi connectivity index (χ4n) is 1.19. The highest BCUT2D eigenvalue weighted by atomic mass is 16.3. The largest absolute Gasteiger partial charge is 0.392 e. The minimum atomic E-state index is -0.262. The Balaban J connectivity index is 0.000000331. The Hall–Kier alpha value is -1.14. The van der Waals surface area contributed by atoms with Gasteiger partial charge in [0.2, 0.25) is 0 Å². The molecule has 0 fully saturated rings. The van der Waals surface area contributed by atoms with E-state index in [1.165, 1.54) is 0 Å². The Labute approximate surface area is 110 Å². The van der Waals surface area contributed by atoms with E-state index in [-0.39, 0.29) is 6.10 Å². The lowest BCUT2D eigenvalue weighted by Gasteiger charge is -2.03. The van der Waals surface area contributed by atoms with E-state index in [9.17, 15) is 0 Å². The van der Waals surface area contributed by atoms with Crippen LogP contribution in [0.1, 0.15) is 6.92 Å². The number of nitrogens with one attached hydrogen (secondary N) is 2. The van der Waals surface area contributed by atoms with Crippen LogP contribution in [-0.4, -0.2) is 43.9 Å². The fourth-order valence-corrected chi connectivity index (χ4v) is 1.19. The number of aliphatic hydroxyl groups excluding tert-OH is 1. The zero-order valence-electron chi connectivity index (χ0n) is 11.1. The molecule has 0 aromatic heterocycles. The lowest BCUT2D eigenvalue weighted by atomic mass is 10.3. The first-order chi connectivity index (χ1) is 8.70. The Morgan fingerprint density at radius 2 is 1.72 bits per heavy atom. The molecule has 1 aromatic rings. The van der Waals surface area contributed by atoms with E-state index < -0.39 is 0 Å². The van der Waals surface area contributed by atoms with Crippen molar-refractivity contribution >= 4 is 5.69 Å². The molecule has 5 nitrogen and oxygen atoms in total. The van der Waals surface area contributed by atoms with E-state index in [0.717, 1.165) is 18.8 Å². The molecule has 0 saturated carbocycles. The van der Waals surface area contributed by atoms with Crippen molar-refractivity contribution in [3.63, 3.8) is 0 Å². The highest BCUT2D eigenvalue weighted by Gasteiger charge is 1.90. The van der Waals surface area contributed by atoms with Crippen LogP contribution in [0.3, 0.4) is 0 Å². The van der Waals surface area contributed by atoms with Crippen LogP contribution < -0.4 is 22.1 Å². The highest BCUT2D eigenvalue weighted by molar-refractivity contribution is 5.42. The van der Waals surface area contributed by atoms with Crippen LogP contribution in [0.25, 0.3) is 0 Å². The lowest BCUT2D eigenvalue weighted by molar-refractivity contribution is 0.192. The van der Waals surface area contributed by atoms with Crippen molar-refractivity contribution in [2.75, 3.05) is 38.0 Å². The zero-order chi connectivity index (χ0) is 13.6. The van der Waals surface area contributed by atoms with Gasteiger partial charge >= 0.3 is 0 Å². The smallest absolute Gasteiger partial charge is 0.0636 e. The maximum absolute atomic E-state index is 8.68. The van der Waals surface area contributed by atoms with Gasteiger partial charge in [0.25, 0.3) is 0 Å². The molecular weight excluding hydrogens is 228 g/mol. The number of anilines is 1. The molecule has 0 spiro atoms. The first kappa shape index (κ1) is 16.9. The highest BCUT2D eigenvalue weighted by Crippen LogP contribution is 2.02. The van der Waals surface area contributed by atoms with Gasteiger partial charge < -0.3 is 27.2 Å². The summed E-state index contributed by atoms with van der Waals surface area (Å²) in [4.78, 5) is 0. The topological polar surface area (TPSA) is 96.3 Å². The van der Waals surface area contributed by atoms with Gasteiger partial charge in [0.1, 0.15) is 0 Å². The molecule has 5 heteroatoms. The number of aliphatic hydroxyl groups is 1. The molecule has 1 unspecified atom stereocenters. The van der Waals surface area contributed by atoms with Crippen molar-refractivity contribution < 1.29 is 5.11 Å². The zero-order valence-corrected chi connectivity index (χ0v) is 11.1. The van der Waals surface area contributed by atoms with E-state index in [1.807, 2.05) is 30.3 Å². The van der Waals surface area contributed by atoms with Crippen molar-refractivity contribution in [3.8, 4) is 0 Å². The second kappa shape index (κ2) is 12.3. The van der Waals surface area contributed by atoms with E-state index in [0.29, 0.717) is 19.6 Å². The Morgan fingerprint density at radius 1 is 1.11 bits per heavy atom. The minimum Gasteiger partial charge on any atom is -0.392 e. The van der Waals surface area contributed by atoms with Crippen LogP contribution in [-0.2, 0) is 0 Å². The number of hydrogen-bond acceptors (Lipinski definition) is 5. The van der Waals surface area contributed by atoms with Gasteiger partial charge in [-0.3, -0.25) is 0 Å². The van der Waals surface area contributed by atoms with Crippen LogP contribution in [0.5, 0.6) is 0 Å². The van der Waals surface area contributed by atoms with Crippen LogP contribution in [0.4, 0.5) is 5.69 Å². The number of rotatable bonds is 7. The molecule has 0 heterocycles. The second-order valence-electron chi connectivity index (χ2n) is 3.92. The summed E-state index contributed by atoms with van der Waals surface area (Å²) in [5, 5.41) is 14.8. The Kier molecular flexibility index (Phi) is 11.5. The summed E-state index contributed by atoms with van der Waals surface area (Å²) in [6, 6.07) is 10.0. The van der Waals surface area contributed by atoms with Gasteiger partial charge in [0.05, 0.1) is 6.10 Å². The van der Waals surface area contributed by atoms with Crippen molar-refractivity contribution in [1.82, 2.24) is 5.32 Å².